The molecule has 320 valence electrons. The number of aryl methyl sites for hydroxylation is 1. The van der Waals surface area contributed by atoms with Crippen LogP contribution >= 0.6 is 0 Å². The molecular weight excluding hydrogens is 839 g/mol. The fourth-order valence-electron chi connectivity index (χ4n) is 10.2. The molecule has 2 heterocycles. The molecule has 0 aliphatic carbocycles. The van der Waals surface area contributed by atoms with Crippen LogP contribution in [-0.2, 0) is 0 Å². The average Bonchev–Trinajstić information content (AvgIpc) is 3.92. The molecule has 0 amide bonds. The van der Waals surface area contributed by atoms with Crippen LogP contribution in [0.15, 0.2) is 218 Å². The van der Waals surface area contributed by atoms with Crippen LogP contribution < -0.4 is 0 Å². The number of nitrogens with zero attached hydrogens (tertiary/aromatic N) is 5. The summed E-state index contributed by atoms with van der Waals surface area (Å²) < 4.78 is 4.40. The first kappa shape index (κ1) is 40.8. The summed E-state index contributed by atoms with van der Waals surface area (Å²) in [7, 11) is 0. The van der Waals surface area contributed by atoms with Gasteiger partial charge in [0.25, 0.3) is 0 Å². The molecule has 0 aliphatic heterocycles. The molecule has 69 heavy (non-hydrogen) atoms. The molecule has 0 N–H and O–H groups in total. The topological polar surface area (TPSA) is 81.2 Å². The van der Waals surface area contributed by atoms with Gasteiger partial charge in [0.15, 0.2) is 0 Å². The number of benzene rings is 10. The molecule has 12 aromatic rings. The Morgan fingerprint density at radius 1 is 0.290 bits per heavy atom. The summed E-state index contributed by atoms with van der Waals surface area (Å²) in [5.74, 6) is 0. The van der Waals surface area contributed by atoms with Crippen molar-refractivity contribution < 1.29 is 0 Å². The fourth-order valence-corrected chi connectivity index (χ4v) is 10.2. The molecule has 0 saturated carbocycles. The molecule has 0 bridgehead atoms. The van der Waals surface area contributed by atoms with Crippen LogP contribution in [0.4, 0.5) is 0 Å². The molecule has 0 atom stereocenters. The lowest BCUT2D eigenvalue weighted by Crippen LogP contribution is -2.03. The van der Waals surface area contributed by atoms with Crippen LogP contribution in [0.2, 0.25) is 0 Å². The van der Waals surface area contributed by atoms with E-state index in [1.807, 2.05) is 91.9 Å². The number of aromatic nitrogens is 2. The Hall–Kier alpha value is -9.73. The van der Waals surface area contributed by atoms with Crippen LogP contribution in [0, 0.1) is 40.9 Å². The highest BCUT2D eigenvalue weighted by Crippen LogP contribution is 2.43. The average molecular weight is 878 g/mol. The van der Waals surface area contributed by atoms with Gasteiger partial charge in [0.05, 0.1) is 56.2 Å². The van der Waals surface area contributed by atoms with Crippen molar-refractivity contribution in [3.8, 4) is 85.2 Å². The molecule has 2 aromatic heterocycles. The van der Waals surface area contributed by atoms with Crippen LogP contribution in [0.5, 0.6) is 0 Å². The van der Waals surface area contributed by atoms with Crippen LogP contribution in [-0.4, -0.2) is 9.13 Å². The summed E-state index contributed by atoms with van der Waals surface area (Å²) in [4.78, 5) is 0. The van der Waals surface area contributed by atoms with E-state index in [0.717, 1.165) is 99.2 Å². The molecule has 0 radical (unpaired) electrons. The zero-order chi connectivity index (χ0) is 46.6. The molecule has 0 unspecified atom stereocenters. The van der Waals surface area contributed by atoms with Gasteiger partial charge < -0.3 is 9.13 Å². The standard InChI is InChI=1S/C64H39N5/c1-41-30-51(39-66)59(68-61-32-46(42-14-6-2-7-15-42)22-26-53(61)54-27-23-47(33-62(54)68)43-16-8-3-9-17-43)36-57(41)58-37-60(52(40-67)31-50(58)38-65)69-63-34-48(44-18-10-4-11-19-44)24-28-55(63)56-29-25-49(35-64(56)69)45-20-12-5-13-21-45/h2-37H,1H3. The third kappa shape index (κ3) is 6.84. The lowest BCUT2D eigenvalue weighted by atomic mass is 9.92. The van der Waals surface area contributed by atoms with Crippen molar-refractivity contribution in [2.75, 3.05) is 0 Å². The van der Waals surface area contributed by atoms with E-state index in [-0.39, 0.29) is 0 Å². The summed E-state index contributed by atoms with van der Waals surface area (Å²) in [6, 6.07) is 82.7. The van der Waals surface area contributed by atoms with E-state index in [2.05, 4.69) is 155 Å². The Bertz CT molecular complexity index is 3950. The molecular formula is C64H39N5. The normalized spacial score (nSPS) is 11.2. The van der Waals surface area contributed by atoms with E-state index in [1.165, 1.54) is 0 Å². The maximum Gasteiger partial charge on any atom is 0.101 e. The lowest BCUT2D eigenvalue weighted by Gasteiger charge is -2.18. The summed E-state index contributed by atoms with van der Waals surface area (Å²) in [6.07, 6.45) is 0. The van der Waals surface area contributed by atoms with E-state index >= 15 is 0 Å². The number of rotatable bonds is 7. The van der Waals surface area contributed by atoms with Gasteiger partial charge in [-0.1, -0.05) is 170 Å². The van der Waals surface area contributed by atoms with Crippen molar-refractivity contribution in [1.29, 1.82) is 15.8 Å². The molecule has 12 rings (SSSR count). The van der Waals surface area contributed by atoms with Gasteiger partial charge in [-0.2, -0.15) is 15.8 Å². The molecule has 5 nitrogen and oxygen atoms in total. The minimum absolute atomic E-state index is 0.365. The Morgan fingerprint density at radius 2 is 0.594 bits per heavy atom. The SMILES string of the molecule is Cc1cc(C#N)c(-n2c3cc(-c4ccccc4)ccc3c3ccc(-c4ccccc4)cc32)cc1-c1cc(-n2c3cc(-c4ccccc4)ccc3c3ccc(-c4ccccc4)cc32)c(C#N)cc1C#N. The largest absolute Gasteiger partial charge is 0.308 e. The number of nitriles is 3. The highest BCUT2D eigenvalue weighted by atomic mass is 15.0. The number of fused-ring (bicyclic) bond motifs is 6. The van der Waals surface area contributed by atoms with E-state index < -0.39 is 0 Å². The molecule has 0 fully saturated rings. The monoisotopic (exact) mass is 877 g/mol. The van der Waals surface area contributed by atoms with E-state index in [4.69, 9.17) is 0 Å². The first-order valence-electron chi connectivity index (χ1n) is 22.9. The third-order valence-electron chi connectivity index (χ3n) is 13.6. The summed E-state index contributed by atoms with van der Waals surface area (Å²) in [5, 5.41) is 37.2. The second-order valence-corrected chi connectivity index (χ2v) is 17.5. The van der Waals surface area contributed by atoms with Crippen LogP contribution in [0.25, 0.3) is 111 Å². The number of hydrogen-bond donors (Lipinski definition) is 0. The second-order valence-electron chi connectivity index (χ2n) is 17.5. The lowest BCUT2D eigenvalue weighted by molar-refractivity contribution is 1.15. The second kappa shape index (κ2) is 16.6. The Balaban J connectivity index is 1.14. The summed E-state index contributed by atoms with van der Waals surface area (Å²) in [6.45, 7) is 1.99. The van der Waals surface area contributed by atoms with Crippen molar-refractivity contribution >= 4 is 43.6 Å². The van der Waals surface area contributed by atoms with Gasteiger partial charge in [-0.15, -0.1) is 0 Å². The van der Waals surface area contributed by atoms with E-state index in [9.17, 15) is 15.8 Å². The quantitative estimate of drug-likeness (QED) is 0.160. The zero-order valence-electron chi connectivity index (χ0n) is 37.5. The molecule has 5 heteroatoms. The van der Waals surface area contributed by atoms with Gasteiger partial charge >= 0.3 is 0 Å². The van der Waals surface area contributed by atoms with Crippen molar-refractivity contribution in [1.82, 2.24) is 9.13 Å². The van der Waals surface area contributed by atoms with Gasteiger partial charge in [-0.25, -0.2) is 0 Å². The predicted octanol–water partition coefficient (Wildman–Crippen LogP) is 16.1. The van der Waals surface area contributed by atoms with Crippen molar-refractivity contribution in [3.63, 3.8) is 0 Å². The molecule has 0 aliphatic rings. The van der Waals surface area contributed by atoms with Crippen LogP contribution in [0.3, 0.4) is 0 Å². The van der Waals surface area contributed by atoms with Gasteiger partial charge in [0.2, 0.25) is 0 Å². The molecule has 0 spiro atoms. The minimum Gasteiger partial charge on any atom is -0.308 e. The summed E-state index contributed by atoms with van der Waals surface area (Å²) in [5.41, 5.74) is 17.2. The van der Waals surface area contributed by atoms with E-state index in [1.54, 1.807) is 6.07 Å². The van der Waals surface area contributed by atoms with Gasteiger partial charge in [0.1, 0.15) is 12.1 Å². The first-order valence-corrected chi connectivity index (χ1v) is 22.9. The van der Waals surface area contributed by atoms with Gasteiger partial charge in [0, 0.05) is 27.1 Å². The van der Waals surface area contributed by atoms with Crippen molar-refractivity contribution in [2.45, 2.75) is 6.92 Å². The third-order valence-corrected chi connectivity index (χ3v) is 13.6. The van der Waals surface area contributed by atoms with Gasteiger partial charge in [-0.3, -0.25) is 0 Å². The minimum atomic E-state index is 0.365. The smallest absolute Gasteiger partial charge is 0.101 e. The van der Waals surface area contributed by atoms with Crippen molar-refractivity contribution in [2.24, 2.45) is 0 Å². The number of hydrogen-bond acceptors (Lipinski definition) is 3. The fraction of sp³-hybridized carbons (Fsp3) is 0.0156. The maximum absolute atomic E-state index is 11.0. The van der Waals surface area contributed by atoms with E-state index in [0.29, 0.717) is 33.6 Å². The van der Waals surface area contributed by atoms with Crippen LogP contribution in [0.1, 0.15) is 22.3 Å². The van der Waals surface area contributed by atoms with Gasteiger partial charge in [-0.05, 0) is 111 Å². The maximum atomic E-state index is 11.0. The molecule has 0 saturated heterocycles. The molecule has 10 aromatic carbocycles. The summed E-state index contributed by atoms with van der Waals surface area (Å²) >= 11 is 0. The Labute approximate surface area is 399 Å². The Kier molecular flexibility index (Phi) is 9.81. The first-order chi connectivity index (χ1) is 34.0. The zero-order valence-corrected chi connectivity index (χ0v) is 37.5. The Morgan fingerprint density at radius 3 is 0.913 bits per heavy atom. The highest BCUT2D eigenvalue weighted by Gasteiger charge is 2.23. The highest BCUT2D eigenvalue weighted by molar-refractivity contribution is 6.13. The predicted molar refractivity (Wildman–Crippen MR) is 281 cm³/mol. The van der Waals surface area contributed by atoms with Crippen molar-refractivity contribution in [3.05, 3.63) is 241 Å².